The van der Waals surface area contributed by atoms with Crippen molar-refractivity contribution in [2.75, 3.05) is 17.7 Å². The van der Waals surface area contributed by atoms with Crippen LogP contribution in [0.25, 0.3) is 11.3 Å². The molecule has 32 heavy (non-hydrogen) atoms. The summed E-state index contributed by atoms with van der Waals surface area (Å²) in [7, 11) is 1.51. The second-order valence-electron chi connectivity index (χ2n) is 7.06. The number of hydrogen-bond acceptors (Lipinski definition) is 5. The van der Waals surface area contributed by atoms with Crippen LogP contribution in [0.15, 0.2) is 78.9 Å². The highest BCUT2D eigenvalue weighted by molar-refractivity contribution is 6.31. The highest BCUT2D eigenvalue weighted by Crippen LogP contribution is 2.26. The van der Waals surface area contributed by atoms with Gasteiger partial charge in [-0.1, -0.05) is 48.0 Å². The Balaban J connectivity index is 1.55. The van der Waals surface area contributed by atoms with Gasteiger partial charge in [-0.2, -0.15) is 0 Å². The summed E-state index contributed by atoms with van der Waals surface area (Å²) >= 11 is 6.05. The van der Waals surface area contributed by atoms with Gasteiger partial charge < -0.3 is 15.4 Å². The number of hydrogen-bond donors (Lipinski definition) is 2. The molecule has 1 amide bonds. The molecule has 0 fully saturated rings. The molecule has 0 aliphatic heterocycles. The van der Waals surface area contributed by atoms with Crippen LogP contribution >= 0.6 is 11.6 Å². The van der Waals surface area contributed by atoms with E-state index < -0.39 is 0 Å². The Bertz CT molecular complexity index is 1260. The number of ether oxygens (including phenoxy) is 1. The Morgan fingerprint density at radius 3 is 2.47 bits per heavy atom. The number of nitrogens with one attached hydrogen (secondary N) is 2. The zero-order chi connectivity index (χ0) is 22.5. The number of carbonyl (C=O) groups excluding carboxylic acids is 1. The van der Waals surface area contributed by atoms with Crippen molar-refractivity contribution in [3.8, 4) is 17.0 Å². The predicted octanol–water partition coefficient (Wildman–Crippen LogP) is 6.11. The van der Waals surface area contributed by atoms with Gasteiger partial charge in [-0.3, -0.25) is 4.79 Å². The van der Waals surface area contributed by atoms with E-state index in [1.54, 1.807) is 24.3 Å². The van der Waals surface area contributed by atoms with Gasteiger partial charge in [0.2, 0.25) is 0 Å². The summed E-state index contributed by atoms with van der Waals surface area (Å²) in [6, 6.07) is 24.1. The predicted molar refractivity (Wildman–Crippen MR) is 128 cm³/mol. The van der Waals surface area contributed by atoms with E-state index in [1.807, 2.05) is 61.5 Å². The summed E-state index contributed by atoms with van der Waals surface area (Å²) in [5.74, 6) is 1.46. The number of amides is 1. The molecule has 4 rings (SSSR count). The van der Waals surface area contributed by atoms with Crippen LogP contribution in [0, 0.1) is 6.92 Å². The fourth-order valence-electron chi connectivity index (χ4n) is 3.27. The fraction of sp³-hybridized carbons (Fsp3) is 0.0800. The minimum Gasteiger partial charge on any atom is -0.496 e. The Morgan fingerprint density at radius 1 is 0.906 bits per heavy atom. The molecule has 0 saturated carbocycles. The van der Waals surface area contributed by atoms with Gasteiger partial charge in [-0.05, 0) is 43.3 Å². The van der Waals surface area contributed by atoms with Crippen LogP contribution in [0.4, 0.5) is 17.2 Å². The van der Waals surface area contributed by atoms with Gasteiger partial charge in [0, 0.05) is 28.0 Å². The number of methoxy groups -OCH3 is 1. The van der Waals surface area contributed by atoms with Crippen molar-refractivity contribution in [1.29, 1.82) is 0 Å². The van der Waals surface area contributed by atoms with Crippen molar-refractivity contribution in [2.24, 2.45) is 0 Å². The average molecular weight is 445 g/mol. The molecule has 0 unspecified atom stereocenters. The third-order valence-electron chi connectivity index (χ3n) is 4.71. The molecule has 1 heterocycles. The summed E-state index contributed by atoms with van der Waals surface area (Å²) in [4.78, 5) is 21.8. The summed E-state index contributed by atoms with van der Waals surface area (Å²) in [5.41, 5.74) is 3.60. The number of rotatable bonds is 6. The Labute approximate surface area is 191 Å². The zero-order valence-electron chi connectivity index (χ0n) is 17.6. The van der Waals surface area contributed by atoms with Crippen LogP contribution < -0.4 is 15.4 Å². The largest absolute Gasteiger partial charge is 0.496 e. The van der Waals surface area contributed by atoms with Crippen molar-refractivity contribution < 1.29 is 9.53 Å². The standard InChI is InChI=1S/C25H21ClN4O2/c1-16-27-22(17-7-4-3-5-8-17)15-24(28-16)29-19-9-6-10-20(14-19)30-25(31)21-13-18(26)11-12-23(21)32-2/h3-15H,1-2H3,(H,30,31)(H,27,28,29). The van der Waals surface area contributed by atoms with Crippen molar-refractivity contribution >= 4 is 34.7 Å². The van der Waals surface area contributed by atoms with Crippen molar-refractivity contribution in [3.63, 3.8) is 0 Å². The quantitative estimate of drug-likeness (QED) is 0.375. The number of aromatic nitrogens is 2. The molecular weight excluding hydrogens is 424 g/mol. The lowest BCUT2D eigenvalue weighted by Gasteiger charge is -2.12. The van der Waals surface area contributed by atoms with Crippen LogP contribution in [0.2, 0.25) is 5.02 Å². The lowest BCUT2D eigenvalue weighted by atomic mass is 10.1. The lowest BCUT2D eigenvalue weighted by Crippen LogP contribution is -2.13. The molecule has 0 saturated heterocycles. The fourth-order valence-corrected chi connectivity index (χ4v) is 3.44. The molecule has 160 valence electrons. The molecule has 0 bridgehead atoms. The van der Waals surface area contributed by atoms with Gasteiger partial charge in [0.15, 0.2) is 0 Å². The second kappa shape index (κ2) is 9.49. The van der Waals surface area contributed by atoms with Gasteiger partial charge in [0.05, 0.1) is 18.4 Å². The monoisotopic (exact) mass is 444 g/mol. The number of aryl methyl sites for hydroxylation is 1. The van der Waals surface area contributed by atoms with Crippen LogP contribution in [-0.4, -0.2) is 23.0 Å². The third kappa shape index (κ3) is 5.04. The molecule has 0 spiro atoms. The van der Waals surface area contributed by atoms with Crippen LogP contribution in [-0.2, 0) is 0 Å². The summed E-state index contributed by atoms with van der Waals surface area (Å²) < 4.78 is 5.27. The molecule has 3 aromatic carbocycles. The molecule has 0 aliphatic rings. The summed E-state index contributed by atoms with van der Waals surface area (Å²) in [5, 5.41) is 6.63. The summed E-state index contributed by atoms with van der Waals surface area (Å²) in [6.07, 6.45) is 0. The molecule has 7 heteroatoms. The highest BCUT2D eigenvalue weighted by Gasteiger charge is 2.13. The first-order valence-corrected chi connectivity index (χ1v) is 10.3. The lowest BCUT2D eigenvalue weighted by molar-refractivity contribution is 0.102. The zero-order valence-corrected chi connectivity index (χ0v) is 18.4. The van der Waals surface area contributed by atoms with Gasteiger partial charge in [0.1, 0.15) is 17.4 Å². The third-order valence-corrected chi connectivity index (χ3v) is 4.94. The minimum atomic E-state index is -0.314. The van der Waals surface area contributed by atoms with Crippen LogP contribution in [0.5, 0.6) is 5.75 Å². The smallest absolute Gasteiger partial charge is 0.259 e. The number of benzene rings is 3. The molecule has 6 nitrogen and oxygen atoms in total. The molecule has 0 radical (unpaired) electrons. The first-order chi connectivity index (χ1) is 15.5. The second-order valence-corrected chi connectivity index (χ2v) is 7.49. The van der Waals surface area contributed by atoms with E-state index in [0.29, 0.717) is 33.7 Å². The van der Waals surface area contributed by atoms with Crippen LogP contribution in [0.1, 0.15) is 16.2 Å². The molecule has 2 N–H and O–H groups in total. The Hall–Kier alpha value is -3.90. The SMILES string of the molecule is COc1ccc(Cl)cc1C(=O)Nc1cccc(Nc2cc(-c3ccccc3)nc(C)n2)c1. The van der Waals surface area contributed by atoms with Crippen molar-refractivity contribution in [3.05, 3.63) is 95.3 Å². The number of carbonyl (C=O) groups is 1. The maximum atomic E-state index is 12.8. The van der Waals surface area contributed by atoms with E-state index in [9.17, 15) is 4.79 Å². The highest BCUT2D eigenvalue weighted by atomic mass is 35.5. The first kappa shape index (κ1) is 21.3. The molecule has 4 aromatic rings. The van der Waals surface area contributed by atoms with E-state index in [1.165, 1.54) is 7.11 Å². The van der Waals surface area contributed by atoms with Gasteiger partial charge >= 0.3 is 0 Å². The first-order valence-electron chi connectivity index (χ1n) is 9.95. The average Bonchev–Trinajstić information content (AvgIpc) is 2.79. The molecule has 0 aliphatic carbocycles. The van der Waals surface area contributed by atoms with E-state index in [-0.39, 0.29) is 5.91 Å². The number of nitrogens with zero attached hydrogens (tertiary/aromatic N) is 2. The Kier molecular flexibility index (Phi) is 6.33. The van der Waals surface area contributed by atoms with Crippen LogP contribution in [0.3, 0.4) is 0 Å². The van der Waals surface area contributed by atoms with E-state index in [2.05, 4.69) is 20.6 Å². The maximum Gasteiger partial charge on any atom is 0.259 e. The van der Waals surface area contributed by atoms with E-state index >= 15 is 0 Å². The number of anilines is 3. The van der Waals surface area contributed by atoms with Gasteiger partial charge in [-0.25, -0.2) is 9.97 Å². The molecular formula is C25H21ClN4O2. The van der Waals surface area contributed by atoms with Gasteiger partial charge in [-0.15, -0.1) is 0 Å². The molecule has 0 atom stereocenters. The number of halogens is 1. The summed E-state index contributed by atoms with van der Waals surface area (Å²) in [6.45, 7) is 1.85. The van der Waals surface area contributed by atoms with Crippen molar-refractivity contribution in [1.82, 2.24) is 9.97 Å². The maximum absolute atomic E-state index is 12.8. The minimum absolute atomic E-state index is 0.314. The van der Waals surface area contributed by atoms with E-state index in [0.717, 1.165) is 16.9 Å². The molecule has 1 aromatic heterocycles. The topological polar surface area (TPSA) is 76.1 Å². The van der Waals surface area contributed by atoms with Gasteiger partial charge in [0.25, 0.3) is 5.91 Å². The normalized spacial score (nSPS) is 10.5. The van der Waals surface area contributed by atoms with E-state index in [4.69, 9.17) is 16.3 Å². The van der Waals surface area contributed by atoms with Crippen molar-refractivity contribution in [2.45, 2.75) is 6.92 Å². The Morgan fingerprint density at radius 2 is 1.69 bits per heavy atom.